The van der Waals surface area contributed by atoms with Crippen molar-refractivity contribution in [1.82, 2.24) is 9.80 Å². The molecule has 0 spiro atoms. The fourth-order valence-electron chi connectivity index (χ4n) is 3.30. The van der Waals surface area contributed by atoms with Crippen LogP contribution in [0.1, 0.15) is 36.8 Å². The number of amides is 3. The van der Waals surface area contributed by atoms with Crippen molar-refractivity contribution in [3.05, 3.63) is 35.4 Å². The minimum atomic E-state index is -1.06. The van der Waals surface area contributed by atoms with Crippen LogP contribution >= 0.6 is 0 Å². The summed E-state index contributed by atoms with van der Waals surface area (Å²) in [5, 5.41) is 10.4. The van der Waals surface area contributed by atoms with Crippen molar-refractivity contribution >= 4 is 17.9 Å². The summed E-state index contributed by atoms with van der Waals surface area (Å²) >= 11 is 0. The number of carbonyl (C=O) groups excluding carboxylic acids is 3. The Morgan fingerprint density at radius 2 is 1.87 bits per heavy atom. The van der Waals surface area contributed by atoms with E-state index in [1.54, 1.807) is 4.90 Å². The second-order valence-corrected chi connectivity index (χ2v) is 6.07. The molecule has 6 heteroatoms. The molecular formula is C17H19N2O4-. The molecule has 1 aromatic rings. The highest BCUT2D eigenvalue weighted by molar-refractivity contribution is 6.04. The Labute approximate surface area is 134 Å². The van der Waals surface area contributed by atoms with Crippen LogP contribution in [-0.2, 0) is 22.6 Å². The number of rotatable bonds is 6. The molecule has 0 radical (unpaired) electrons. The molecular weight excluding hydrogens is 296 g/mol. The van der Waals surface area contributed by atoms with Gasteiger partial charge in [0.1, 0.15) is 6.04 Å². The SMILES string of the molecule is O=C([O-])CCCCCN1C(=O)[C@@H]2Cc3ccccc3CN2C1=O. The van der Waals surface area contributed by atoms with Gasteiger partial charge in [0.15, 0.2) is 0 Å². The van der Waals surface area contributed by atoms with E-state index in [0.29, 0.717) is 38.8 Å². The standard InChI is InChI=1S/C17H20N2O4/c20-15(21)8-2-1-5-9-18-16(22)14-10-12-6-3-4-7-13(12)11-19(14)17(18)23/h3-4,6-7,14H,1-2,5,8-11H2,(H,20,21)/p-1/t14-/m0/s1. The fourth-order valence-corrected chi connectivity index (χ4v) is 3.30. The molecule has 0 bridgehead atoms. The predicted molar refractivity (Wildman–Crippen MR) is 80.1 cm³/mol. The van der Waals surface area contributed by atoms with E-state index in [2.05, 4.69) is 0 Å². The summed E-state index contributed by atoms with van der Waals surface area (Å²) in [5.41, 5.74) is 2.23. The van der Waals surface area contributed by atoms with Gasteiger partial charge in [-0.05, 0) is 30.4 Å². The van der Waals surface area contributed by atoms with Crippen LogP contribution < -0.4 is 5.11 Å². The second kappa shape index (κ2) is 6.40. The number of benzene rings is 1. The van der Waals surface area contributed by atoms with E-state index in [-0.39, 0.29) is 24.4 Å². The third-order valence-corrected chi connectivity index (χ3v) is 4.54. The molecule has 0 saturated carbocycles. The maximum Gasteiger partial charge on any atom is 0.327 e. The van der Waals surface area contributed by atoms with Gasteiger partial charge in [-0.3, -0.25) is 9.69 Å². The van der Waals surface area contributed by atoms with Crippen LogP contribution in [0.4, 0.5) is 4.79 Å². The van der Waals surface area contributed by atoms with Gasteiger partial charge in [-0.1, -0.05) is 30.7 Å². The van der Waals surface area contributed by atoms with Crippen molar-refractivity contribution in [3.63, 3.8) is 0 Å². The van der Waals surface area contributed by atoms with Gasteiger partial charge in [0, 0.05) is 25.5 Å². The average molecular weight is 315 g/mol. The number of fused-ring (bicyclic) bond motifs is 2. The molecule has 0 N–H and O–H groups in total. The van der Waals surface area contributed by atoms with Crippen LogP contribution in [0.5, 0.6) is 0 Å². The largest absolute Gasteiger partial charge is 0.550 e. The first-order valence-corrected chi connectivity index (χ1v) is 7.96. The van der Waals surface area contributed by atoms with E-state index >= 15 is 0 Å². The van der Waals surface area contributed by atoms with Crippen molar-refractivity contribution in [1.29, 1.82) is 0 Å². The molecule has 0 aliphatic carbocycles. The molecule has 1 fully saturated rings. The summed E-state index contributed by atoms with van der Waals surface area (Å²) in [6.45, 7) is 0.834. The summed E-state index contributed by atoms with van der Waals surface area (Å²) in [5.74, 6) is -1.20. The Hall–Kier alpha value is -2.37. The first-order valence-electron chi connectivity index (χ1n) is 7.96. The minimum absolute atomic E-state index is 0.0198. The van der Waals surface area contributed by atoms with Gasteiger partial charge in [-0.25, -0.2) is 4.79 Å². The second-order valence-electron chi connectivity index (χ2n) is 6.07. The average Bonchev–Trinajstić information content (AvgIpc) is 2.76. The van der Waals surface area contributed by atoms with Gasteiger partial charge >= 0.3 is 6.03 Å². The Morgan fingerprint density at radius 3 is 2.61 bits per heavy atom. The van der Waals surface area contributed by atoms with Gasteiger partial charge in [-0.2, -0.15) is 0 Å². The van der Waals surface area contributed by atoms with Crippen molar-refractivity contribution < 1.29 is 19.5 Å². The molecule has 0 unspecified atom stereocenters. The summed E-state index contributed by atoms with van der Waals surface area (Å²) in [7, 11) is 0. The number of hydrogen-bond donors (Lipinski definition) is 0. The Morgan fingerprint density at radius 1 is 1.13 bits per heavy atom. The van der Waals surface area contributed by atoms with Crippen LogP contribution in [0.3, 0.4) is 0 Å². The third-order valence-electron chi connectivity index (χ3n) is 4.54. The molecule has 6 nitrogen and oxygen atoms in total. The number of carboxylic acid groups (broad SMARTS) is 1. The Kier molecular flexibility index (Phi) is 4.32. The number of urea groups is 1. The zero-order valence-corrected chi connectivity index (χ0v) is 12.9. The van der Waals surface area contributed by atoms with Crippen molar-refractivity contribution in [2.45, 2.75) is 44.7 Å². The van der Waals surface area contributed by atoms with Crippen LogP contribution in [0.25, 0.3) is 0 Å². The van der Waals surface area contributed by atoms with E-state index in [1.807, 2.05) is 24.3 Å². The minimum Gasteiger partial charge on any atom is -0.550 e. The van der Waals surface area contributed by atoms with Gasteiger partial charge in [0.25, 0.3) is 5.91 Å². The number of carboxylic acids is 1. The molecule has 0 aromatic heterocycles. The van der Waals surface area contributed by atoms with Gasteiger partial charge in [0.2, 0.25) is 0 Å². The molecule has 122 valence electrons. The van der Waals surface area contributed by atoms with E-state index < -0.39 is 5.97 Å². The van der Waals surface area contributed by atoms with Gasteiger partial charge in [0.05, 0.1) is 0 Å². The van der Waals surface area contributed by atoms with Crippen LogP contribution in [-0.4, -0.2) is 40.3 Å². The normalized spacial score (nSPS) is 19.7. The number of aliphatic carboxylic acids is 1. The molecule has 2 heterocycles. The number of imide groups is 1. The molecule has 3 rings (SSSR count). The molecule has 1 saturated heterocycles. The van der Waals surface area contributed by atoms with E-state index in [0.717, 1.165) is 11.1 Å². The lowest BCUT2D eigenvalue weighted by molar-refractivity contribution is -0.305. The van der Waals surface area contributed by atoms with Crippen molar-refractivity contribution in [2.75, 3.05) is 6.54 Å². The third kappa shape index (κ3) is 3.06. The van der Waals surface area contributed by atoms with E-state index in [1.165, 1.54) is 4.90 Å². The number of nitrogens with zero attached hydrogens (tertiary/aromatic N) is 2. The van der Waals surface area contributed by atoms with Crippen LogP contribution in [0.2, 0.25) is 0 Å². The number of hydrogen-bond acceptors (Lipinski definition) is 4. The zero-order chi connectivity index (χ0) is 16.4. The van der Waals surface area contributed by atoms with E-state index in [9.17, 15) is 19.5 Å². The lowest BCUT2D eigenvalue weighted by atomic mass is 9.95. The van der Waals surface area contributed by atoms with Crippen molar-refractivity contribution in [3.8, 4) is 0 Å². The lowest BCUT2D eigenvalue weighted by Gasteiger charge is -2.28. The van der Waals surface area contributed by atoms with Gasteiger partial charge in [-0.15, -0.1) is 0 Å². The Bertz CT molecular complexity index is 600. The molecule has 2 aliphatic rings. The number of carbonyl (C=O) groups is 3. The maximum absolute atomic E-state index is 12.5. The lowest BCUT2D eigenvalue weighted by Crippen LogP contribution is -2.39. The highest BCUT2D eigenvalue weighted by atomic mass is 16.4. The van der Waals surface area contributed by atoms with Crippen molar-refractivity contribution in [2.24, 2.45) is 0 Å². The molecule has 3 amide bonds. The molecule has 1 atom stereocenters. The molecule has 2 aliphatic heterocycles. The quantitative estimate of drug-likeness (QED) is 0.571. The highest BCUT2D eigenvalue weighted by Gasteiger charge is 2.46. The smallest absolute Gasteiger partial charge is 0.327 e. The maximum atomic E-state index is 12.5. The topological polar surface area (TPSA) is 80.8 Å². The van der Waals surface area contributed by atoms with Crippen LogP contribution in [0, 0.1) is 0 Å². The summed E-state index contributed by atoms with van der Waals surface area (Å²) in [4.78, 5) is 38.3. The molecule has 23 heavy (non-hydrogen) atoms. The highest BCUT2D eigenvalue weighted by Crippen LogP contribution is 2.30. The Balaban J connectivity index is 1.60. The number of unbranched alkanes of at least 4 members (excludes halogenated alkanes) is 2. The predicted octanol–water partition coefficient (Wildman–Crippen LogP) is 0.686. The summed E-state index contributed by atoms with van der Waals surface area (Å²) in [6.07, 6.45) is 2.39. The summed E-state index contributed by atoms with van der Waals surface area (Å²) < 4.78 is 0. The molecule has 1 aromatic carbocycles. The first-order chi connectivity index (χ1) is 11.1. The zero-order valence-electron chi connectivity index (χ0n) is 12.9. The monoisotopic (exact) mass is 315 g/mol. The summed E-state index contributed by atoms with van der Waals surface area (Å²) in [6, 6.07) is 7.27. The van der Waals surface area contributed by atoms with Gasteiger partial charge < -0.3 is 14.8 Å². The fraction of sp³-hybridized carbons (Fsp3) is 0.471. The van der Waals surface area contributed by atoms with Crippen LogP contribution in [0.15, 0.2) is 24.3 Å². The first kappa shape index (κ1) is 15.5. The van der Waals surface area contributed by atoms with E-state index in [4.69, 9.17) is 0 Å².